The second kappa shape index (κ2) is 11.4. The number of aldehydes is 1. The van der Waals surface area contributed by atoms with Crippen molar-refractivity contribution >= 4 is 39.9 Å². The molecular weight excluding hydrogens is 504 g/mol. The Morgan fingerprint density at radius 3 is 1.74 bits per heavy atom. The van der Waals surface area contributed by atoms with Crippen molar-refractivity contribution in [2.75, 3.05) is 13.2 Å². The number of primary amides is 2. The molecule has 0 bridgehead atoms. The van der Waals surface area contributed by atoms with Gasteiger partial charge >= 0.3 is 0 Å². The summed E-state index contributed by atoms with van der Waals surface area (Å²) >= 11 is 0. The highest BCUT2D eigenvalue weighted by molar-refractivity contribution is 6.06. The van der Waals surface area contributed by atoms with E-state index >= 15 is 0 Å². The topological polar surface area (TPSA) is 166 Å². The van der Waals surface area contributed by atoms with E-state index in [1.807, 2.05) is 32.0 Å². The van der Waals surface area contributed by atoms with Gasteiger partial charge in [0.2, 0.25) is 11.8 Å². The molecule has 0 radical (unpaired) electrons. The number of amides is 2. The van der Waals surface area contributed by atoms with Crippen LogP contribution in [0.3, 0.4) is 0 Å². The molecule has 2 aromatic carbocycles. The summed E-state index contributed by atoms with van der Waals surface area (Å²) in [6.45, 7) is 5.08. The Kier molecular flexibility index (Phi) is 8.03. The fourth-order valence-electron chi connectivity index (χ4n) is 4.50. The van der Waals surface area contributed by atoms with Crippen LogP contribution in [0.25, 0.3) is 21.8 Å². The number of nitrogens with two attached hydrogens (primary N) is 2. The lowest BCUT2D eigenvalue weighted by Gasteiger charge is -2.16. The van der Waals surface area contributed by atoms with Gasteiger partial charge in [0.25, 0.3) is 11.1 Å². The molecule has 0 saturated carbocycles. The lowest BCUT2D eigenvalue weighted by molar-refractivity contribution is -0.108. The molecule has 0 spiro atoms. The van der Waals surface area contributed by atoms with Crippen molar-refractivity contribution in [3.8, 4) is 0 Å². The third-order valence-electron chi connectivity index (χ3n) is 6.35. The lowest BCUT2D eigenvalue weighted by Crippen LogP contribution is -2.29. The number of nitrogens with zero attached hydrogens (tertiary/aromatic N) is 2. The molecule has 3 heterocycles. The van der Waals surface area contributed by atoms with E-state index in [1.54, 1.807) is 22.8 Å². The van der Waals surface area contributed by atoms with Crippen LogP contribution in [0.5, 0.6) is 0 Å². The number of pyridine rings is 2. The molecule has 4 N–H and O–H groups in total. The van der Waals surface area contributed by atoms with Gasteiger partial charge in [0.15, 0.2) is 6.29 Å². The van der Waals surface area contributed by atoms with Crippen molar-refractivity contribution in [2.24, 2.45) is 11.5 Å². The maximum Gasteiger partial charge on any atom is 0.252 e. The molecule has 11 nitrogen and oxygen atoms in total. The number of hydrogen-bond donors (Lipinski definition) is 2. The maximum absolute atomic E-state index is 12.3. The standard InChI is InChI=1S/C15H16N2O4.C13H12N2O3/c1-9-2-3-10-11(15(16)19)7-13(18)17(12(10)6-9)8-14-20-4-5-21-14;1-8-2-3-9-10(13(14)18)7-12(17)15(4-5-16)11(9)6-8/h2-3,6-7,14H,4-5,8H2,1H3,(H2,16,19);2-3,5-7H,4H2,1H3,(H2,14,18). The number of aryl methyl sites for hydroxylation is 2. The van der Waals surface area contributed by atoms with Gasteiger partial charge in [-0.1, -0.05) is 24.3 Å². The summed E-state index contributed by atoms with van der Waals surface area (Å²) in [5.74, 6) is -1.26. The average Bonchev–Trinajstić information content (AvgIpc) is 3.40. The molecule has 2 amide bonds. The SMILES string of the molecule is Cc1ccc2c(C(N)=O)cc(=O)n(CC3OCCO3)c2c1.Cc1ccc2c(C(N)=O)cc(=O)n(CC=O)c2c1. The van der Waals surface area contributed by atoms with Gasteiger partial charge in [-0.15, -0.1) is 0 Å². The minimum atomic E-state index is -0.654. The van der Waals surface area contributed by atoms with Crippen LogP contribution in [0.4, 0.5) is 0 Å². The molecule has 4 aromatic rings. The number of rotatable bonds is 6. The minimum Gasteiger partial charge on any atom is -0.366 e. The summed E-state index contributed by atoms with van der Waals surface area (Å²) in [6.07, 6.45) is 0.207. The largest absolute Gasteiger partial charge is 0.366 e. The Hall–Kier alpha value is -4.61. The van der Waals surface area contributed by atoms with E-state index in [2.05, 4.69) is 0 Å². The predicted octanol–water partition coefficient (Wildman–Crippen LogP) is 1.39. The van der Waals surface area contributed by atoms with E-state index in [1.165, 1.54) is 16.7 Å². The first-order chi connectivity index (χ1) is 18.6. The summed E-state index contributed by atoms with van der Waals surface area (Å²) in [4.78, 5) is 57.6. The smallest absolute Gasteiger partial charge is 0.252 e. The molecule has 2 aromatic heterocycles. The van der Waals surface area contributed by atoms with Crippen molar-refractivity contribution in [1.29, 1.82) is 0 Å². The van der Waals surface area contributed by atoms with Gasteiger partial charge in [-0.3, -0.25) is 19.2 Å². The van der Waals surface area contributed by atoms with Gasteiger partial charge in [0.1, 0.15) is 6.29 Å². The molecule has 5 rings (SSSR count). The van der Waals surface area contributed by atoms with Crippen LogP contribution in [0, 0.1) is 13.8 Å². The van der Waals surface area contributed by atoms with Crippen molar-refractivity contribution in [2.45, 2.75) is 33.2 Å². The summed E-state index contributed by atoms with van der Waals surface area (Å²) in [6, 6.07) is 13.3. The van der Waals surface area contributed by atoms with Crippen molar-refractivity contribution in [1.82, 2.24) is 9.13 Å². The van der Waals surface area contributed by atoms with Crippen LogP contribution in [0.15, 0.2) is 58.1 Å². The minimum absolute atomic E-state index is 0.0438. The molecule has 1 saturated heterocycles. The second-order valence-electron chi connectivity index (χ2n) is 9.12. The van der Waals surface area contributed by atoms with E-state index < -0.39 is 23.7 Å². The highest BCUT2D eigenvalue weighted by atomic mass is 16.7. The number of aromatic nitrogens is 2. The van der Waals surface area contributed by atoms with Crippen molar-refractivity contribution < 1.29 is 23.9 Å². The Balaban J connectivity index is 0.000000183. The molecule has 0 unspecified atom stereocenters. The van der Waals surface area contributed by atoms with Gasteiger partial charge in [-0.2, -0.15) is 0 Å². The molecule has 39 heavy (non-hydrogen) atoms. The molecule has 1 fully saturated rings. The van der Waals surface area contributed by atoms with Crippen LogP contribution >= 0.6 is 0 Å². The second-order valence-corrected chi connectivity index (χ2v) is 9.12. The zero-order valence-electron chi connectivity index (χ0n) is 21.5. The molecule has 0 atom stereocenters. The van der Waals surface area contributed by atoms with Crippen LogP contribution in [-0.4, -0.2) is 46.7 Å². The maximum atomic E-state index is 12.3. The average molecular weight is 533 g/mol. The van der Waals surface area contributed by atoms with Gasteiger partial charge in [-0.25, -0.2) is 0 Å². The van der Waals surface area contributed by atoms with Crippen molar-refractivity contribution in [3.63, 3.8) is 0 Å². The van der Waals surface area contributed by atoms with E-state index in [0.29, 0.717) is 41.3 Å². The number of fused-ring (bicyclic) bond motifs is 2. The van der Waals surface area contributed by atoms with Crippen LogP contribution in [-0.2, 0) is 27.4 Å². The zero-order valence-corrected chi connectivity index (χ0v) is 21.5. The quantitative estimate of drug-likeness (QED) is 0.354. The lowest BCUT2D eigenvalue weighted by atomic mass is 10.1. The number of hydrogen-bond acceptors (Lipinski definition) is 7. The van der Waals surface area contributed by atoms with Gasteiger partial charge in [0, 0.05) is 22.9 Å². The third-order valence-corrected chi connectivity index (χ3v) is 6.35. The number of carbonyl (C=O) groups excluding carboxylic acids is 3. The molecule has 202 valence electrons. The zero-order chi connectivity index (χ0) is 28.3. The highest BCUT2D eigenvalue weighted by Gasteiger charge is 2.20. The molecule has 1 aliphatic rings. The Morgan fingerprint density at radius 2 is 1.28 bits per heavy atom. The van der Waals surface area contributed by atoms with Crippen LogP contribution in [0.2, 0.25) is 0 Å². The number of carbonyl (C=O) groups is 3. The Bertz CT molecular complexity index is 1720. The van der Waals surface area contributed by atoms with Gasteiger partial charge in [0.05, 0.1) is 48.5 Å². The normalized spacial score (nSPS) is 13.3. The third kappa shape index (κ3) is 5.79. The molecule has 0 aliphatic carbocycles. The summed E-state index contributed by atoms with van der Waals surface area (Å²) in [5.41, 5.74) is 13.5. The van der Waals surface area contributed by atoms with Gasteiger partial charge < -0.3 is 34.9 Å². The number of ether oxygens (including phenoxy) is 2. The fourth-order valence-corrected chi connectivity index (χ4v) is 4.50. The van der Waals surface area contributed by atoms with Gasteiger partial charge in [-0.05, 0) is 37.1 Å². The Morgan fingerprint density at radius 1 is 0.821 bits per heavy atom. The fraction of sp³-hybridized carbons (Fsp3) is 0.250. The van der Waals surface area contributed by atoms with E-state index in [4.69, 9.17) is 20.9 Å². The first kappa shape index (κ1) is 27.4. The van der Waals surface area contributed by atoms with Crippen LogP contribution < -0.4 is 22.6 Å². The molecule has 1 aliphatic heterocycles. The first-order valence-corrected chi connectivity index (χ1v) is 12.2. The molecule has 11 heteroatoms. The van der Waals surface area contributed by atoms with Crippen molar-refractivity contribution in [3.05, 3.63) is 91.5 Å². The monoisotopic (exact) mass is 532 g/mol. The van der Waals surface area contributed by atoms with E-state index in [9.17, 15) is 24.0 Å². The predicted molar refractivity (Wildman–Crippen MR) is 145 cm³/mol. The first-order valence-electron chi connectivity index (χ1n) is 12.2. The summed E-state index contributed by atoms with van der Waals surface area (Å²) in [5, 5.41) is 1.24. The van der Waals surface area contributed by atoms with Crippen LogP contribution in [0.1, 0.15) is 31.8 Å². The van der Waals surface area contributed by atoms with E-state index in [0.717, 1.165) is 11.1 Å². The number of benzene rings is 2. The summed E-state index contributed by atoms with van der Waals surface area (Å²) in [7, 11) is 0. The van der Waals surface area contributed by atoms with E-state index in [-0.39, 0.29) is 29.8 Å². The Labute approximate surface area is 222 Å². The molecular formula is C28H28N4O7. The summed E-state index contributed by atoms with van der Waals surface area (Å²) < 4.78 is 13.7. The highest BCUT2D eigenvalue weighted by Crippen LogP contribution is 2.20.